The molecule has 1 aliphatic heterocycles. The lowest BCUT2D eigenvalue weighted by Gasteiger charge is -2.26. The van der Waals surface area contributed by atoms with Gasteiger partial charge in [-0.3, -0.25) is 14.5 Å². The molecule has 0 spiro atoms. The Balaban J connectivity index is 1.70. The van der Waals surface area contributed by atoms with Crippen LogP contribution in [0.1, 0.15) is 48.7 Å². The van der Waals surface area contributed by atoms with E-state index in [2.05, 4.69) is 10.2 Å². The highest BCUT2D eigenvalue weighted by Crippen LogP contribution is 2.38. The van der Waals surface area contributed by atoms with Crippen molar-refractivity contribution in [2.75, 3.05) is 45.7 Å². The minimum absolute atomic E-state index is 0.0316. The SMILES string of the molecule is CCN(CC)C(=O)c1cccc(NC(=O)CN2CCCC2c2cc(OC)ccc2OC)c1. The van der Waals surface area contributed by atoms with Gasteiger partial charge in [0.25, 0.3) is 5.91 Å². The maximum absolute atomic E-state index is 12.8. The molecule has 0 aromatic heterocycles. The summed E-state index contributed by atoms with van der Waals surface area (Å²) in [5.74, 6) is 1.43. The molecule has 1 aliphatic rings. The summed E-state index contributed by atoms with van der Waals surface area (Å²) in [7, 11) is 3.30. The van der Waals surface area contributed by atoms with Gasteiger partial charge in [0.1, 0.15) is 11.5 Å². The van der Waals surface area contributed by atoms with Crippen molar-refractivity contribution in [3.63, 3.8) is 0 Å². The lowest BCUT2D eigenvalue weighted by Crippen LogP contribution is -2.33. The van der Waals surface area contributed by atoms with Crippen molar-refractivity contribution in [1.82, 2.24) is 9.80 Å². The molecule has 1 fully saturated rings. The van der Waals surface area contributed by atoms with Crippen molar-refractivity contribution < 1.29 is 19.1 Å². The molecular formula is C25H33N3O4. The van der Waals surface area contributed by atoms with Crippen molar-refractivity contribution >= 4 is 17.5 Å². The monoisotopic (exact) mass is 439 g/mol. The van der Waals surface area contributed by atoms with Gasteiger partial charge in [-0.1, -0.05) is 6.07 Å². The first kappa shape index (κ1) is 23.6. The molecule has 32 heavy (non-hydrogen) atoms. The summed E-state index contributed by atoms with van der Waals surface area (Å²) < 4.78 is 10.9. The quantitative estimate of drug-likeness (QED) is 0.640. The smallest absolute Gasteiger partial charge is 0.253 e. The molecule has 0 aliphatic carbocycles. The molecule has 1 unspecified atom stereocenters. The average molecular weight is 440 g/mol. The second kappa shape index (κ2) is 11.0. The maximum atomic E-state index is 12.8. The Morgan fingerprint density at radius 2 is 1.88 bits per heavy atom. The number of hydrogen-bond donors (Lipinski definition) is 1. The Morgan fingerprint density at radius 1 is 1.09 bits per heavy atom. The molecular weight excluding hydrogens is 406 g/mol. The summed E-state index contributed by atoms with van der Waals surface area (Å²) in [5, 5.41) is 2.95. The third-order valence-corrected chi connectivity index (χ3v) is 5.95. The second-order valence-corrected chi connectivity index (χ2v) is 7.84. The Labute approximate surface area is 190 Å². The Hall–Kier alpha value is -3.06. The molecule has 0 saturated carbocycles. The van der Waals surface area contributed by atoms with Gasteiger partial charge in [0.2, 0.25) is 5.91 Å². The van der Waals surface area contributed by atoms with Gasteiger partial charge in [-0.15, -0.1) is 0 Å². The molecule has 2 aromatic rings. The summed E-state index contributed by atoms with van der Waals surface area (Å²) >= 11 is 0. The standard InChI is InChI=1S/C25H33N3O4/c1-5-27(6-2)25(30)18-9-7-10-19(15-18)26-24(29)17-28-14-8-11-22(28)21-16-20(31-3)12-13-23(21)32-4/h7,9-10,12-13,15-16,22H,5-6,8,11,14,17H2,1-4H3,(H,26,29). The van der Waals surface area contributed by atoms with Crippen molar-refractivity contribution in [1.29, 1.82) is 0 Å². The van der Waals surface area contributed by atoms with E-state index in [1.54, 1.807) is 37.3 Å². The molecule has 0 bridgehead atoms. The van der Waals surface area contributed by atoms with Crippen LogP contribution in [0.4, 0.5) is 5.69 Å². The molecule has 7 nitrogen and oxygen atoms in total. The first-order valence-corrected chi connectivity index (χ1v) is 11.2. The van der Waals surface area contributed by atoms with Gasteiger partial charge in [-0.2, -0.15) is 0 Å². The van der Waals surface area contributed by atoms with Gasteiger partial charge in [0.05, 0.1) is 20.8 Å². The molecule has 2 aromatic carbocycles. The Kier molecular flexibility index (Phi) is 8.11. The van der Waals surface area contributed by atoms with Gasteiger partial charge < -0.3 is 19.7 Å². The van der Waals surface area contributed by atoms with Crippen molar-refractivity contribution in [3.8, 4) is 11.5 Å². The zero-order chi connectivity index (χ0) is 23.1. The third kappa shape index (κ3) is 5.40. The van der Waals surface area contributed by atoms with Gasteiger partial charge >= 0.3 is 0 Å². The number of anilines is 1. The minimum Gasteiger partial charge on any atom is -0.497 e. The highest BCUT2D eigenvalue weighted by atomic mass is 16.5. The van der Waals surface area contributed by atoms with E-state index in [1.165, 1.54) is 0 Å². The topological polar surface area (TPSA) is 71.1 Å². The molecule has 1 N–H and O–H groups in total. The minimum atomic E-state index is -0.105. The molecule has 1 saturated heterocycles. The Bertz CT molecular complexity index is 943. The largest absolute Gasteiger partial charge is 0.497 e. The fraction of sp³-hybridized carbons (Fsp3) is 0.440. The lowest BCUT2D eigenvalue weighted by molar-refractivity contribution is -0.117. The van der Waals surface area contributed by atoms with E-state index in [0.29, 0.717) is 24.3 Å². The van der Waals surface area contributed by atoms with E-state index in [0.717, 1.165) is 36.4 Å². The zero-order valence-electron chi connectivity index (χ0n) is 19.4. The van der Waals surface area contributed by atoms with Crippen molar-refractivity contribution in [3.05, 3.63) is 53.6 Å². The van der Waals surface area contributed by atoms with Gasteiger partial charge in [-0.05, 0) is 69.6 Å². The van der Waals surface area contributed by atoms with E-state index in [9.17, 15) is 9.59 Å². The molecule has 0 radical (unpaired) electrons. The van der Waals surface area contributed by atoms with Gasteiger partial charge in [0.15, 0.2) is 0 Å². The van der Waals surface area contributed by atoms with Gasteiger partial charge in [0, 0.05) is 35.9 Å². The number of methoxy groups -OCH3 is 2. The maximum Gasteiger partial charge on any atom is 0.253 e. The fourth-order valence-electron chi connectivity index (χ4n) is 4.28. The van der Waals surface area contributed by atoms with E-state index in [-0.39, 0.29) is 24.4 Å². The molecule has 1 heterocycles. The van der Waals surface area contributed by atoms with Crippen LogP contribution in [0.5, 0.6) is 11.5 Å². The summed E-state index contributed by atoms with van der Waals surface area (Å²) in [6.07, 6.45) is 1.96. The van der Waals surface area contributed by atoms with E-state index in [1.807, 2.05) is 38.1 Å². The van der Waals surface area contributed by atoms with Crippen LogP contribution in [0.2, 0.25) is 0 Å². The van der Waals surface area contributed by atoms with Crippen LogP contribution in [-0.4, -0.2) is 62.0 Å². The molecule has 172 valence electrons. The number of ether oxygens (including phenoxy) is 2. The first-order chi connectivity index (χ1) is 15.5. The van der Waals surface area contributed by atoms with Crippen molar-refractivity contribution in [2.24, 2.45) is 0 Å². The number of nitrogens with one attached hydrogen (secondary N) is 1. The third-order valence-electron chi connectivity index (χ3n) is 5.95. The summed E-state index contributed by atoms with van der Waals surface area (Å²) in [6.45, 7) is 6.30. The number of carbonyl (C=O) groups is 2. The number of hydrogen-bond acceptors (Lipinski definition) is 5. The predicted molar refractivity (Wildman–Crippen MR) is 125 cm³/mol. The van der Waals surface area contributed by atoms with Gasteiger partial charge in [-0.25, -0.2) is 0 Å². The highest BCUT2D eigenvalue weighted by Gasteiger charge is 2.30. The van der Waals surface area contributed by atoms with E-state index >= 15 is 0 Å². The van der Waals surface area contributed by atoms with Crippen LogP contribution < -0.4 is 14.8 Å². The Morgan fingerprint density at radius 3 is 2.56 bits per heavy atom. The number of likely N-dealkylation sites (tertiary alicyclic amines) is 1. The molecule has 1 atom stereocenters. The summed E-state index contributed by atoms with van der Waals surface area (Å²) in [6, 6.07) is 13.0. The second-order valence-electron chi connectivity index (χ2n) is 7.84. The number of rotatable bonds is 9. The lowest BCUT2D eigenvalue weighted by atomic mass is 10.0. The number of nitrogens with zero attached hydrogens (tertiary/aromatic N) is 2. The summed E-state index contributed by atoms with van der Waals surface area (Å²) in [5.41, 5.74) is 2.23. The highest BCUT2D eigenvalue weighted by molar-refractivity contribution is 5.97. The average Bonchev–Trinajstić information content (AvgIpc) is 3.27. The number of amides is 2. The number of carbonyl (C=O) groups excluding carboxylic acids is 2. The van der Waals surface area contributed by atoms with Crippen molar-refractivity contribution in [2.45, 2.75) is 32.7 Å². The predicted octanol–water partition coefficient (Wildman–Crippen LogP) is 3.96. The van der Waals surface area contributed by atoms with Crippen LogP contribution in [0.3, 0.4) is 0 Å². The number of benzene rings is 2. The van der Waals surface area contributed by atoms with Crippen LogP contribution in [0, 0.1) is 0 Å². The molecule has 2 amide bonds. The fourth-order valence-corrected chi connectivity index (χ4v) is 4.28. The normalized spacial score (nSPS) is 15.9. The van der Waals surface area contributed by atoms with Crippen LogP contribution in [-0.2, 0) is 4.79 Å². The first-order valence-electron chi connectivity index (χ1n) is 11.2. The van der Waals surface area contributed by atoms with Crippen LogP contribution in [0.15, 0.2) is 42.5 Å². The molecule has 3 rings (SSSR count). The zero-order valence-corrected chi connectivity index (χ0v) is 19.4. The summed E-state index contributed by atoms with van der Waals surface area (Å²) in [4.78, 5) is 29.4. The molecule has 7 heteroatoms. The van der Waals surface area contributed by atoms with Crippen LogP contribution >= 0.6 is 0 Å². The van der Waals surface area contributed by atoms with E-state index < -0.39 is 0 Å². The van der Waals surface area contributed by atoms with E-state index in [4.69, 9.17) is 9.47 Å². The van der Waals surface area contributed by atoms with Crippen LogP contribution in [0.25, 0.3) is 0 Å².